The molecule has 2 aromatic carbocycles. The van der Waals surface area contributed by atoms with E-state index in [2.05, 4.69) is 38.2 Å². The summed E-state index contributed by atoms with van der Waals surface area (Å²) < 4.78 is 5.50. The molecular formula is C22H29NO2. The Bertz CT molecular complexity index is 732. The molecule has 0 aromatic heterocycles. The number of amides is 1. The second kappa shape index (κ2) is 8.19. The summed E-state index contributed by atoms with van der Waals surface area (Å²) in [7, 11) is 1.70. The van der Waals surface area contributed by atoms with E-state index in [1.165, 1.54) is 11.1 Å². The maximum Gasteiger partial charge on any atom is 0.224 e. The van der Waals surface area contributed by atoms with Gasteiger partial charge in [0.2, 0.25) is 5.91 Å². The number of carbonyl (C=O) groups excluding carboxylic acids is 1. The summed E-state index contributed by atoms with van der Waals surface area (Å²) in [5, 5.41) is 3.12. The molecule has 2 rings (SSSR count). The average Bonchev–Trinajstić information content (AvgIpc) is 2.56. The van der Waals surface area contributed by atoms with E-state index in [4.69, 9.17) is 4.74 Å². The molecule has 134 valence electrons. The van der Waals surface area contributed by atoms with Gasteiger partial charge in [-0.25, -0.2) is 0 Å². The minimum Gasteiger partial charge on any atom is -0.496 e. The van der Waals surface area contributed by atoms with Crippen LogP contribution in [0.15, 0.2) is 36.4 Å². The zero-order valence-corrected chi connectivity index (χ0v) is 16.1. The number of hydrogen-bond donors (Lipinski definition) is 1. The molecule has 2 aromatic rings. The zero-order valence-electron chi connectivity index (χ0n) is 16.1. The fourth-order valence-corrected chi connectivity index (χ4v) is 3.07. The van der Waals surface area contributed by atoms with Crippen molar-refractivity contribution >= 4 is 5.91 Å². The number of ether oxygens (including phenoxy) is 1. The van der Waals surface area contributed by atoms with Crippen molar-refractivity contribution in [2.24, 2.45) is 0 Å². The largest absolute Gasteiger partial charge is 0.496 e. The highest BCUT2D eigenvalue weighted by Crippen LogP contribution is 2.32. The molecule has 0 saturated carbocycles. The van der Waals surface area contributed by atoms with E-state index in [9.17, 15) is 4.79 Å². The molecule has 0 unspecified atom stereocenters. The first-order chi connectivity index (χ1) is 11.8. The molecule has 0 aliphatic rings. The lowest BCUT2D eigenvalue weighted by Gasteiger charge is -2.21. The Morgan fingerprint density at radius 2 is 1.68 bits per heavy atom. The SMILES string of the molecule is COc1cc(C)c([C@@H](C)NC(=O)Cc2ccc(C)cc2)cc1C(C)C. The van der Waals surface area contributed by atoms with Crippen LogP contribution in [0.5, 0.6) is 5.75 Å². The van der Waals surface area contributed by atoms with Crippen LogP contribution < -0.4 is 10.1 Å². The normalized spacial score (nSPS) is 12.1. The highest BCUT2D eigenvalue weighted by molar-refractivity contribution is 5.79. The van der Waals surface area contributed by atoms with E-state index in [1.807, 2.05) is 38.1 Å². The van der Waals surface area contributed by atoms with E-state index >= 15 is 0 Å². The number of hydrogen-bond acceptors (Lipinski definition) is 2. The summed E-state index contributed by atoms with van der Waals surface area (Å²) in [6.07, 6.45) is 0.400. The van der Waals surface area contributed by atoms with Gasteiger partial charge >= 0.3 is 0 Å². The van der Waals surface area contributed by atoms with Gasteiger partial charge in [-0.05, 0) is 61.1 Å². The van der Waals surface area contributed by atoms with Crippen LogP contribution >= 0.6 is 0 Å². The summed E-state index contributed by atoms with van der Waals surface area (Å²) in [6, 6.07) is 12.3. The lowest BCUT2D eigenvalue weighted by molar-refractivity contribution is -0.121. The first-order valence-corrected chi connectivity index (χ1v) is 8.85. The standard InChI is InChI=1S/C22H29NO2/c1-14(2)19-13-20(16(4)11-21(19)25-6)17(5)23-22(24)12-18-9-7-15(3)8-10-18/h7-11,13-14,17H,12H2,1-6H3,(H,23,24)/t17-/m1/s1. The Kier molecular flexibility index (Phi) is 6.24. The molecule has 0 bridgehead atoms. The third kappa shape index (κ3) is 4.85. The van der Waals surface area contributed by atoms with E-state index in [-0.39, 0.29) is 11.9 Å². The minimum atomic E-state index is -0.0404. The third-order valence-corrected chi connectivity index (χ3v) is 4.57. The van der Waals surface area contributed by atoms with Gasteiger partial charge in [0.05, 0.1) is 19.6 Å². The molecule has 0 saturated heterocycles. The van der Waals surface area contributed by atoms with Crippen molar-refractivity contribution in [1.82, 2.24) is 5.32 Å². The molecule has 0 heterocycles. The minimum absolute atomic E-state index is 0.0395. The van der Waals surface area contributed by atoms with Crippen LogP contribution in [-0.2, 0) is 11.2 Å². The average molecular weight is 339 g/mol. The van der Waals surface area contributed by atoms with Gasteiger partial charge in [-0.3, -0.25) is 4.79 Å². The Labute approximate surface area is 151 Å². The van der Waals surface area contributed by atoms with Crippen LogP contribution in [0, 0.1) is 13.8 Å². The molecule has 0 aliphatic carbocycles. The molecule has 0 aliphatic heterocycles. The predicted molar refractivity (Wildman–Crippen MR) is 103 cm³/mol. The van der Waals surface area contributed by atoms with Gasteiger partial charge in [0.15, 0.2) is 0 Å². The van der Waals surface area contributed by atoms with Crippen molar-refractivity contribution in [3.05, 3.63) is 64.2 Å². The Morgan fingerprint density at radius 3 is 2.24 bits per heavy atom. The van der Waals surface area contributed by atoms with Gasteiger partial charge in [0, 0.05) is 0 Å². The summed E-state index contributed by atoms with van der Waals surface area (Å²) in [5.41, 5.74) is 5.67. The van der Waals surface area contributed by atoms with E-state index < -0.39 is 0 Å². The Morgan fingerprint density at radius 1 is 1.04 bits per heavy atom. The van der Waals surface area contributed by atoms with E-state index in [0.717, 1.165) is 22.4 Å². The van der Waals surface area contributed by atoms with Gasteiger partial charge in [0.1, 0.15) is 5.75 Å². The van der Waals surface area contributed by atoms with Crippen LogP contribution in [0.1, 0.15) is 60.5 Å². The van der Waals surface area contributed by atoms with Crippen molar-refractivity contribution in [3.8, 4) is 5.75 Å². The second-order valence-electron chi connectivity index (χ2n) is 7.06. The number of nitrogens with one attached hydrogen (secondary N) is 1. The van der Waals surface area contributed by atoms with E-state index in [1.54, 1.807) is 7.11 Å². The third-order valence-electron chi connectivity index (χ3n) is 4.57. The lowest BCUT2D eigenvalue weighted by atomic mass is 9.93. The topological polar surface area (TPSA) is 38.3 Å². The molecule has 1 atom stereocenters. The fourth-order valence-electron chi connectivity index (χ4n) is 3.07. The number of methoxy groups -OCH3 is 1. The highest BCUT2D eigenvalue weighted by atomic mass is 16.5. The first-order valence-electron chi connectivity index (χ1n) is 8.85. The van der Waals surface area contributed by atoms with Gasteiger partial charge < -0.3 is 10.1 Å². The van der Waals surface area contributed by atoms with Gasteiger partial charge in [0.25, 0.3) is 0 Å². The van der Waals surface area contributed by atoms with Crippen molar-refractivity contribution < 1.29 is 9.53 Å². The van der Waals surface area contributed by atoms with Crippen LogP contribution in [0.2, 0.25) is 0 Å². The summed E-state index contributed by atoms with van der Waals surface area (Å²) >= 11 is 0. The monoisotopic (exact) mass is 339 g/mol. The van der Waals surface area contributed by atoms with Gasteiger partial charge in [-0.15, -0.1) is 0 Å². The zero-order chi connectivity index (χ0) is 18.6. The number of rotatable bonds is 6. The van der Waals surface area contributed by atoms with Crippen LogP contribution in [-0.4, -0.2) is 13.0 Å². The summed E-state index contributed by atoms with van der Waals surface area (Å²) in [6.45, 7) is 10.4. The molecule has 0 fully saturated rings. The molecule has 0 radical (unpaired) electrons. The van der Waals surface area contributed by atoms with Crippen LogP contribution in [0.3, 0.4) is 0 Å². The smallest absolute Gasteiger partial charge is 0.224 e. The van der Waals surface area contributed by atoms with Crippen molar-refractivity contribution in [1.29, 1.82) is 0 Å². The predicted octanol–water partition coefficient (Wildman–Crippen LogP) is 4.86. The number of carbonyl (C=O) groups is 1. The van der Waals surface area contributed by atoms with E-state index in [0.29, 0.717) is 12.3 Å². The summed E-state index contributed by atoms with van der Waals surface area (Å²) in [5.74, 6) is 1.32. The van der Waals surface area contributed by atoms with Crippen molar-refractivity contribution in [2.75, 3.05) is 7.11 Å². The second-order valence-corrected chi connectivity index (χ2v) is 7.06. The molecule has 3 heteroatoms. The first kappa shape index (κ1) is 19.0. The summed E-state index contributed by atoms with van der Waals surface area (Å²) in [4.78, 5) is 12.4. The molecule has 1 N–H and O–H groups in total. The van der Waals surface area contributed by atoms with Crippen LogP contribution in [0.25, 0.3) is 0 Å². The quantitative estimate of drug-likeness (QED) is 0.816. The van der Waals surface area contributed by atoms with Gasteiger partial charge in [-0.1, -0.05) is 43.7 Å². The Hall–Kier alpha value is -2.29. The van der Waals surface area contributed by atoms with Crippen LogP contribution in [0.4, 0.5) is 0 Å². The number of aryl methyl sites for hydroxylation is 2. The molecule has 3 nitrogen and oxygen atoms in total. The van der Waals surface area contributed by atoms with Crippen molar-refractivity contribution in [2.45, 2.75) is 53.0 Å². The van der Waals surface area contributed by atoms with Crippen molar-refractivity contribution in [3.63, 3.8) is 0 Å². The number of benzene rings is 2. The Balaban J connectivity index is 2.14. The maximum atomic E-state index is 12.4. The molecule has 25 heavy (non-hydrogen) atoms. The molecule has 1 amide bonds. The lowest BCUT2D eigenvalue weighted by Crippen LogP contribution is -2.28. The highest BCUT2D eigenvalue weighted by Gasteiger charge is 2.17. The molecule has 0 spiro atoms. The molecular weight excluding hydrogens is 310 g/mol. The van der Waals surface area contributed by atoms with Gasteiger partial charge in [-0.2, -0.15) is 0 Å². The maximum absolute atomic E-state index is 12.4. The fraction of sp³-hybridized carbons (Fsp3) is 0.409.